The molecule has 2 aromatic heterocycles. The van der Waals surface area contributed by atoms with Crippen LogP contribution in [-0.2, 0) is 6.42 Å². The van der Waals surface area contributed by atoms with Crippen LogP contribution >= 0.6 is 27.3 Å². The molecule has 0 amide bonds. The number of nitrogen functional groups attached to an aromatic ring is 1. The number of hydrogen-bond donors (Lipinski definition) is 1. The molecular weight excluding hydrogens is 334 g/mol. The summed E-state index contributed by atoms with van der Waals surface area (Å²) in [6.07, 6.45) is 3.84. The van der Waals surface area contributed by atoms with E-state index in [0.29, 0.717) is 0 Å². The van der Waals surface area contributed by atoms with E-state index in [0.717, 1.165) is 49.5 Å². The van der Waals surface area contributed by atoms with Crippen molar-refractivity contribution in [2.75, 3.05) is 5.73 Å². The molecule has 20 heavy (non-hydrogen) atoms. The van der Waals surface area contributed by atoms with Gasteiger partial charge in [-0.1, -0.05) is 28.9 Å². The zero-order valence-electron chi connectivity index (χ0n) is 11.1. The van der Waals surface area contributed by atoms with E-state index in [1.807, 2.05) is 24.3 Å². The summed E-state index contributed by atoms with van der Waals surface area (Å²) in [5.74, 6) is 0. The number of pyridine rings is 1. The maximum atomic E-state index is 6.15. The fourth-order valence-electron chi connectivity index (χ4n) is 2.22. The summed E-state index contributed by atoms with van der Waals surface area (Å²) in [6.45, 7) is 2.15. The van der Waals surface area contributed by atoms with Crippen molar-refractivity contribution in [2.45, 2.75) is 19.8 Å². The van der Waals surface area contributed by atoms with Crippen LogP contribution in [-0.4, -0.2) is 9.97 Å². The first kappa shape index (κ1) is 13.5. The van der Waals surface area contributed by atoms with Gasteiger partial charge in [0.05, 0.1) is 10.5 Å². The number of hydrogen-bond acceptors (Lipinski definition) is 4. The van der Waals surface area contributed by atoms with Crippen LogP contribution in [0.5, 0.6) is 0 Å². The molecule has 0 spiro atoms. The Labute approximate surface area is 130 Å². The summed E-state index contributed by atoms with van der Waals surface area (Å²) in [6, 6.07) is 8.04. The number of aryl methyl sites for hydroxylation is 1. The molecule has 0 bridgehead atoms. The largest absolute Gasteiger partial charge is 0.389 e. The fraction of sp³-hybridized carbons (Fsp3) is 0.200. The first-order valence-electron chi connectivity index (χ1n) is 6.49. The van der Waals surface area contributed by atoms with Gasteiger partial charge in [0.1, 0.15) is 10.7 Å². The highest BCUT2D eigenvalue weighted by atomic mass is 79.9. The first-order chi connectivity index (χ1) is 9.70. The lowest BCUT2D eigenvalue weighted by Gasteiger charge is -2.05. The average Bonchev–Trinajstić information content (AvgIpc) is 2.81. The number of nitrogens with zero attached hydrogens (tertiary/aromatic N) is 2. The zero-order chi connectivity index (χ0) is 14.1. The molecule has 3 nitrogen and oxygen atoms in total. The number of aromatic nitrogens is 2. The molecule has 0 unspecified atom stereocenters. The molecule has 0 aliphatic heterocycles. The van der Waals surface area contributed by atoms with Gasteiger partial charge in [-0.3, -0.25) is 4.98 Å². The molecule has 0 saturated heterocycles. The molecule has 2 N–H and O–H groups in total. The van der Waals surface area contributed by atoms with Crippen molar-refractivity contribution in [2.24, 2.45) is 0 Å². The van der Waals surface area contributed by atoms with Crippen molar-refractivity contribution in [1.29, 1.82) is 0 Å². The Morgan fingerprint density at radius 2 is 2.15 bits per heavy atom. The number of rotatable bonds is 3. The molecule has 5 heteroatoms. The van der Waals surface area contributed by atoms with Gasteiger partial charge in [-0.15, -0.1) is 11.3 Å². The van der Waals surface area contributed by atoms with E-state index < -0.39 is 0 Å². The number of halogens is 1. The average molecular weight is 348 g/mol. The van der Waals surface area contributed by atoms with Crippen LogP contribution in [0, 0.1) is 0 Å². The molecule has 0 aliphatic rings. The second kappa shape index (κ2) is 5.50. The van der Waals surface area contributed by atoms with Crippen LogP contribution in [0.2, 0.25) is 0 Å². The smallest absolute Gasteiger partial charge is 0.114 e. The van der Waals surface area contributed by atoms with Crippen molar-refractivity contribution in [3.05, 3.63) is 39.9 Å². The van der Waals surface area contributed by atoms with Gasteiger partial charge in [-0.2, -0.15) is 0 Å². The highest BCUT2D eigenvalue weighted by molar-refractivity contribution is 9.10. The maximum Gasteiger partial charge on any atom is 0.114 e. The summed E-state index contributed by atoms with van der Waals surface area (Å²) < 4.78 is 1.03. The van der Waals surface area contributed by atoms with Crippen molar-refractivity contribution >= 4 is 43.2 Å². The van der Waals surface area contributed by atoms with Crippen molar-refractivity contribution < 1.29 is 0 Å². The van der Waals surface area contributed by atoms with Gasteiger partial charge in [-0.25, -0.2) is 4.98 Å². The van der Waals surface area contributed by atoms with Gasteiger partial charge in [0.2, 0.25) is 0 Å². The van der Waals surface area contributed by atoms with E-state index in [1.54, 1.807) is 17.5 Å². The van der Waals surface area contributed by atoms with E-state index in [-0.39, 0.29) is 0 Å². The fourth-order valence-corrected chi connectivity index (χ4v) is 3.62. The molecule has 3 rings (SSSR count). The van der Waals surface area contributed by atoms with Crippen LogP contribution in [0.4, 0.5) is 5.00 Å². The van der Waals surface area contributed by atoms with Crippen LogP contribution in [0.25, 0.3) is 22.2 Å². The second-order valence-corrected chi connectivity index (χ2v) is 6.53. The third-order valence-corrected chi connectivity index (χ3v) is 4.77. The number of anilines is 1. The van der Waals surface area contributed by atoms with Gasteiger partial charge in [0.15, 0.2) is 0 Å². The summed E-state index contributed by atoms with van der Waals surface area (Å²) in [5, 5.41) is 2.93. The predicted octanol–water partition coefficient (Wildman–Crippen LogP) is 4.66. The highest BCUT2D eigenvalue weighted by Gasteiger charge is 2.14. The monoisotopic (exact) mass is 347 g/mol. The van der Waals surface area contributed by atoms with Crippen molar-refractivity contribution in [1.82, 2.24) is 9.97 Å². The third kappa shape index (κ3) is 2.31. The molecule has 2 heterocycles. The van der Waals surface area contributed by atoms with Crippen LogP contribution in [0.15, 0.2) is 34.9 Å². The van der Waals surface area contributed by atoms with Gasteiger partial charge in [0.25, 0.3) is 0 Å². The second-order valence-electron chi connectivity index (χ2n) is 4.56. The molecule has 0 radical (unpaired) electrons. The minimum atomic E-state index is 0.766. The third-order valence-electron chi connectivity index (χ3n) is 3.13. The number of benzene rings is 1. The van der Waals surface area contributed by atoms with Crippen LogP contribution in [0.3, 0.4) is 0 Å². The van der Waals surface area contributed by atoms with E-state index in [2.05, 4.69) is 32.8 Å². The molecule has 3 aromatic rings. The zero-order valence-corrected chi connectivity index (χ0v) is 13.5. The summed E-state index contributed by atoms with van der Waals surface area (Å²) >= 11 is 5.14. The highest BCUT2D eigenvalue weighted by Crippen LogP contribution is 2.36. The number of nitrogens with two attached hydrogens (primary N) is 1. The number of thiazole rings is 1. The lowest BCUT2D eigenvalue weighted by molar-refractivity contribution is 0.910. The first-order valence-corrected chi connectivity index (χ1v) is 8.10. The topological polar surface area (TPSA) is 51.8 Å². The SMILES string of the molecule is CCCc1nc(-c2ccc(Br)c3cccnc23)c(N)s1. The summed E-state index contributed by atoms with van der Waals surface area (Å²) in [5.41, 5.74) is 8.94. The van der Waals surface area contributed by atoms with E-state index in [9.17, 15) is 0 Å². The summed E-state index contributed by atoms with van der Waals surface area (Å²) in [7, 11) is 0. The molecule has 0 aliphatic carbocycles. The molecule has 102 valence electrons. The molecule has 1 aromatic carbocycles. The van der Waals surface area contributed by atoms with Gasteiger partial charge in [-0.05, 0) is 31.0 Å². The summed E-state index contributed by atoms with van der Waals surface area (Å²) in [4.78, 5) is 9.18. The molecule has 0 saturated carbocycles. The Hall–Kier alpha value is -1.46. The van der Waals surface area contributed by atoms with E-state index in [4.69, 9.17) is 5.73 Å². The maximum absolute atomic E-state index is 6.15. The Morgan fingerprint density at radius 1 is 1.30 bits per heavy atom. The predicted molar refractivity (Wildman–Crippen MR) is 89.0 cm³/mol. The van der Waals surface area contributed by atoms with Crippen LogP contribution < -0.4 is 5.73 Å². The lowest BCUT2D eigenvalue weighted by Crippen LogP contribution is -1.90. The van der Waals surface area contributed by atoms with Crippen LogP contribution in [0.1, 0.15) is 18.4 Å². The molecular formula is C15H14BrN3S. The van der Waals surface area contributed by atoms with Gasteiger partial charge >= 0.3 is 0 Å². The number of fused-ring (bicyclic) bond motifs is 1. The van der Waals surface area contributed by atoms with Crippen molar-refractivity contribution in [3.63, 3.8) is 0 Å². The Kier molecular flexibility index (Phi) is 3.72. The Balaban J connectivity index is 2.22. The standard InChI is InChI=1S/C15H14BrN3S/c1-2-4-12-19-14(15(17)20-12)10-6-7-11(16)9-5-3-8-18-13(9)10/h3,5-8H,2,4,17H2,1H3. The normalized spacial score (nSPS) is 11.1. The lowest BCUT2D eigenvalue weighted by atomic mass is 10.1. The minimum absolute atomic E-state index is 0.766. The van der Waals surface area contributed by atoms with Gasteiger partial charge < -0.3 is 5.73 Å². The van der Waals surface area contributed by atoms with Gasteiger partial charge in [0, 0.05) is 21.6 Å². The van der Waals surface area contributed by atoms with E-state index >= 15 is 0 Å². The minimum Gasteiger partial charge on any atom is -0.389 e. The quantitative estimate of drug-likeness (QED) is 0.749. The molecule has 0 atom stereocenters. The Bertz CT molecular complexity index is 767. The van der Waals surface area contributed by atoms with Crippen molar-refractivity contribution in [3.8, 4) is 11.3 Å². The Morgan fingerprint density at radius 3 is 2.95 bits per heavy atom. The molecule has 0 fully saturated rings. The van der Waals surface area contributed by atoms with E-state index in [1.165, 1.54) is 0 Å².